The Morgan fingerprint density at radius 3 is 3.12 bits per heavy atom. The molecule has 0 aliphatic carbocycles. The van der Waals surface area contributed by atoms with Crippen LogP contribution in [0.25, 0.3) is 10.9 Å². The highest BCUT2D eigenvalue weighted by molar-refractivity contribution is 6.32. The van der Waals surface area contributed by atoms with Crippen molar-refractivity contribution < 1.29 is 5.11 Å². The van der Waals surface area contributed by atoms with E-state index in [2.05, 4.69) is 17.2 Å². The van der Waals surface area contributed by atoms with Gasteiger partial charge >= 0.3 is 0 Å². The highest BCUT2D eigenvalue weighted by Gasteiger charge is 2.21. The number of phenols is 1. The lowest BCUT2D eigenvalue weighted by Gasteiger charge is -2.09. The van der Waals surface area contributed by atoms with E-state index in [1.54, 1.807) is 12.1 Å². The first kappa shape index (κ1) is 9.87. The third kappa shape index (κ3) is 1.29. The minimum Gasteiger partial charge on any atom is -0.506 e. The van der Waals surface area contributed by atoms with Gasteiger partial charge in [-0.2, -0.15) is 0 Å². The highest BCUT2D eigenvalue weighted by Crippen LogP contribution is 2.35. The summed E-state index contributed by atoms with van der Waals surface area (Å²) in [4.78, 5) is 4.35. The van der Waals surface area contributed by atoms with E-state index in [1.165, 1.54) is 11.1 Å². The number of fused-ring (bicyclic) bond motifs is 3. The molecule has 0 saturated carbocycles. The Morgan fingerprint density at radius 1 is 1.50 bits per heavy atom. The number of nitrogens with zero attached hydrogens (tertiary/aromatic N) is 1. The van der Waals surface area contributed by atoms with Crippen LogP contribution in [0.2, 0.25) is 5.02 Å². The van der Waals surface area contributed by atoms with E-state index < -0.39 is 0 Å². The molecule has 3 nitrogen and oxygen atoms in total. The molecule has 1 atom stereocenters. The van der Waals surface area contributed by atoms with E-state index in [4.69, 9.17) is 11.6 Å². The number of phenolic OH excluding ortho intramolecular Hbond substituents is 1. The first-order chi connectivity index (χ1) is 7.66. The van der Waals surface area contributed by atoms with Gasteiger partial charge in [-0.3, -0.25) is 4.98 Å². The summed E-state index contributed by atoms with van der Waals surface area (Å²) in [6.45, 7) is 2.94. The van der Waals surface area contributed by atoms with Gasteiger partial charge in [-0.05, 0) is 30.2 Å². The lowest BCUT2D eigenvalue weighted by atomic mass is 10.0. The second-order valence-corrected chi connectivity index (χ2v) is 4.53. The number of hydrogen-bond acceptors (Lipinski definition) is 3. The van der Waals surface area contributed by atoms with Crippen molar-refractivity contribution in [3.63, 3.8) is 0 Å². The van der Waals surface area contributed by atoms with Crippen LogP contribution in [-0.2, 0) is 6.54 Å². The molecule has 82 valence electrons. The van der Waals surface area contributed by atoms with Crippen LogP contribution >= 0.6 is 11.6 Å². The molecular formula is C12H11ClN2O. The normalized spacial score (nSPS) is 19.0. The van der Waals surface area contributed by atoms with Gasteiger partial charge in [0.15, 0.2) is 0 Å². The molecule has 2 aromatic rings. The van der Waals surface area contributed by atoms with Gasteiger partial charge in [0.2, 0.25) is 0 Å². The molecule has 0 saturated heterocycles. The molecule has 0 fully saturated rings. The summed E-state index contributed by atoms with van der Waals surface area (Å²) in [5.74, 6) is 0.114. The summed E-state index contributed by atoms with van der Waals surface area (Å²) in [7, 11) is 0. The van der Waals surface area contributed by atoms with Gasteiger partial charge < -0.3 is 10.4 Å². The van der Waals surface area contributed by atoms with Gasteiger partial charge in [0, 0.05) is 24.2 Å². The molecule has 4 heteroatoms. The fraction of sp³-hybridized carbons (Fsp3) is 0.250. The Bertz CT molecular complexity index is 583. The van der Waals surface area contributed by atoms with Gasteiger partial charge in [0.05, 0.1) is 10.5 Å². The van der Waals surface area contributed by atoms with Gasteiger partial charge in [-0.25, -0.2) is 0 Å². The number of aromatic hydroxyl groups is 1. The number of aromatic nitrogens is 1. The summed E-state index contributed by atoms with van der Waals surface area (Å²) < 4.78 is 0. The number of pyridine rings is 1. The summed E-state index contributed by atoms with van der Waals surface area (Å²) in [6.07, 6.45) is 1.88. The minimum absolute atomic E-state index is 0.114. The zero-order chi connectivity index (χ0) is 11.3. The van der Waals surface area contributed by atoms with E-state index >= 15 is 0 Å². The maximum absolute atomic E-state index is 9.65. The van der Waals surface area contributed by atoms with Gasteiger partial charge in [-0.1, -0.05) is 11.6 Å². The van der Waals surface area contributed by atoms with Crippen LogP contribution < -0.4 is 5.32 Å². The number of hydrogen-bond donors (Lipinski definition) is 2. The lowest BCUT2D eigenvalue weighted by molar-refractivity contribution is 0.476. The third-order valence-corrected chi connectivity index (χ3v) is 3.40. The molecule has 0 radical (unpaired) electrons. The van der Waals surface area contributed by atoms with Crippen molar-refractivity contribution in [3.05, 3.63) is 34.5 Å². The van der Waals surface area contributed by atoms with Gasteiger partial charge in [-0.15, -0.1) is 0 Å². The summed E-state index contributed by atoms with van der Waals surface area (Å²) >= 11 is 5.87. The van der Waals surface area contributed by atoms with Crippen molar-refractivity contribution in [2.45, 2.75) is 19.5 Å². The van der Waals surface area contributed by atoms with Crippen LogP contribution in [0, 0.1) is 0 Å². The molecule has 0 bridgehead atoms. The van der Waals surface area contributed by atoms with E-state index in [9.17, 15) is 5.11 Å². The average Bonchev–Trinajstić information content (AvgIpc) is 2.63. The maximum atomic E-state index is 9.65. The lowest BCUT2D eigenvalue weighted by Crippen LogP contribution is -2.07. The number of nitrogens with one attached hydrogen (secondary N) is 1. The zero-order valence-corrected chi connectivity index (χ0v) is 9.54. The molecule has 1 aliphatic rings. The van der Waals surface area contributed by atoms with Crippen molar-refractivity contribution >= 4 is 22.5 Å². The first-order valence-corrected chi connectivity index (χ1v) is 5.58. The molecule has 1 aromatic heterocycles. The second-order valence-electron chi connectivity index (χ2n) is 4.12. The molecule has 2 heterocycles. The Labute approximate surface area is 98.1 Å². The molecule has 2 N–H and O–H groups in total. The van der Waals surface area contributed by atoms with Crippen molar-refractivity contribution in [1.82, 2.24) is 10.3 Å². The van der Waals surface area contributed by atoms with Crippen LogP contribution in [0.15, 0.2) is 18.3 Å². The Kier molecular flexibility index (Phi) is 2.06. The predicted molar refractivity (Wildman–Crippen MR) is 63.7 cm³/mol. The quantitative estimate of drug-likeness (QED) is 0.737. The minimum atomic E-state index is 0.114. The van der Waals surface area contributed by atoms with Crippen LogP contribution in [0.5, 0.6) is 5.75 Å². The van der Waals surface area contributed by atoms with Crippen molar-refractivity contribution in [2.75, 3.05) is 0 Å². The standard InChI is InChI=1S/C12H11ClN2O/c1-6-12-7(4-14-6)5-15-10-3-9(13)11(16)2-8(10)12/h2-3,5-6,14,16H,4H2,1H3/t6-/m0/s1. The van der Waals surface area contributed by atoms with Gasteiger partial charge in [0.25, 0.3) is 0 Å². The van der Waals surface area contributed by atoms with Crippen LogP contribution in [0.4, 0.5) is 0 Å². The van der Waals surface area contributed by atoms with Crippen LogP contribution in [-0.4, -0.2) is 10.1 Å². The number of rotatable bonds is 0. The topological polar surface area (TPSA) is 45.2 Å². The van der Waals surface area contributed by atoms with E-state index in [-0.39, 0.29) is 5.75 Å². The Balaban J connectivity index is 2.40. The summed E-state index contributed by atoms with van der Waals surface area (Å²) in [6, 6.07) is 3.70. The van der Waals surface area contributed by atoms with Crippen molar-refractivity contribution in [2.24, 2.45) is 0 Å². The second kappa shape index (κ2) is 3.34. The molecule has 0 unspecified atom stereocenters. The first-order valence-electron chi connectivity index (χ1n) is 5.20. The van der Waals surface area contributed by atoms with E-state index in [1.807, 2.05) is 6.20 Å². The monoisotopic (exact) mass is 234 g/mol. The van der Waals surface area contributed by atoms with Crippen molar-refractivity contribution in [1.29, 1.82) is 0 Å². The van der Waals surface area contributed by atoms with Gasteiger partial charge in [0.1, 0.15) is 5.75 Å². The van der Waals surface area contributed by atoms with E-state index in [0.717, 1.165) is 17.4 Å². The third-order valence-electron chi connectivity index (χ3n) is 3.09. The van der Waals surface area contributed by atoms with E-state index in [0.29, 0.717) is 11.1 Å². The molecular weight excluding hydrogens is 224 g/mol. The molecule has 1 aliphatic heterocycles. The molecule has 0 spiro atoms. The average molecular weight is 235 g/mol. The Hall–Kier alpha value is -1.32. The zero-order valence-electron chi connectivity index (χ0n) is 8.79. The summed E-state index contributed by atoms with van der Waals surface area (Å²) in [5, 5.41) is 14.3. The number of benzene rings is 1. The fourth-order valence-electron chi connectivity index (χ4n) is 2.28. The van der Waals surface area contributed by atoms with Crippen LogP contribution in [0.1, 0.15) is 24.1 Å². The fourth-order valence-corrected chi connectivity index (χ4v) is 2.44. The SMILES string of the molecule is C[C@@H]1NCc2cnc3cc(Cl)c(O)cc3c21. The molecule has 0 amide bonds. The predicted octanol–water partition coefficient (Wildman–Crippen LogP) is 2.76. The molecule has 16 heavy (non-hydrogen) atoms. The smallest absolute Gasteiger partial charge is 0.134 e. The molecule has 3 rings (SSSR count). The Morgan fingerprint density at radius 2 is 2.31 bits per heavy atom. The summed E-state index contributed by atoms with van der Waals surface area (Å²) in [5.41, 5.74) is 3.25. The largest absolute Gasteiger partial charge is 0.506 e. The van der Waals surface area contributed by atoms with Crippen LogP contribution in [0.3, 0.4) is 0 Å². The highest BCUT2D eigenvalue weighted by atomic mass is 35.5. The number of halogens is 1. The maximum Gasteiger partial charge on any atom is 0.134 e. The van der Waals surface area contributed by atoms with Crippen molar-refractivity contribution in [3.8, 4) is 5.75 Å². The molecule has 1 aromatic carbocycles.